The molecule has 0 bridgehead atoms. The molecule has 0 aromatic carbocycles. The molecule has 1 fully saturated rings. The molecular weight excluding hydrogens is 660 g/mol. The summed E-state index contributed by atoms with van der Waals surface area (Å²) in [5, 5.41) is 29.7. The number of nitrogens with one attached hydrogen (secondary N) is 2. The first-order valence-electron chi connectivity index (χ1n) is 12.9. The predicted molar refractivity (Wildman–Crippen MR) is 167 cm³/mol. The summed E-state index contributed by atoms with van der Waals surface area (Å²) in [7, 11) is -1.39. The van der Waals surface area contributed by atoms with E-state index < -0.39 is 42.5 Å². The minimum atomic E-state index is -2.66. The molecule has 0 spiro atoms. The summed E-state index contributed by atoms with van der Waals surface area (Å²) < 4.78 is 13.4. The Kier molecular flexibility index (Phi) is 10.6. The van der Waals surface area contributed by atoms with E-state index >= 15 is 0 Å². The smallest absolute Gasteiger partial charge is 0.352 e. The number of aromatic nitrogens is 2. The lowest BCUT2D eigenvalue weighted by atomic mass is 10.0. The number of thiazole rings is 2. The molecule has 2 amide bonds. The Morgan fingerprint density at radius 2 is 1.98 bits per heavy atom. The molecule has 43 heavy (non-hydrogen) atoms. The second-order valence-electron chi connectivity index (χ2n) is 9.26. The van der Waals surface area contributed by atoms with Crippen LogP contribution in [0.5, 0.6) is 0 Å². The van der Waals surface area contributed by atoms with Gasteiger partial charge < -0.3 is 30.0 Å². The summed E-state index contributed by atoms with van der Waals surface area (Å²) in [4.78, 5) is 65.0. The highest BCUT2D eigenvalue weighted by Crippen LogP contribution is 2.45. The second kappa shape index (κ2) is 13.8. The average molecular weight is 689 g/mol. The lowest BCUT2D eigenvalue weighted by molar-refractivity contribution is -0.150. The van der Waals surface area contributed by atoms with E-state index in [2.05, 4.69) is 25.5 Å². The first kappa shape index (κ1) is 33.0. The minimum absolute atomic E-state index is 0.136. The molecule has 0 aliphatic carbocycles. The van der Waals surface area contributed by atoms with E-state index in [0.717, 1.165) is 11.3 Å². The molecule has 4 heterocycles. The molecule has 1 saturated heterocycles. The van der Waals surface area contributed by atoms with Crippen molar-refractivity contribution in [3.63, 3.8) is 0 Å². The molecule has 2 aliphatic rings. The Morgan fingerprint density at radius 3 is 2.60 bits per heavy atom. The van der Waals surface area contributed by atoms with E-state index in [1.807, 2.05) is 13.8 Å². The number of thioether (sulfide) groups is 2. The quantitative estimate of drug-likeness (QED) is 0.0742. The number of carbonyl (C=O) groups excluding carboxylic acids is 2. The molecule has 19 heteroatoms. The summed E-state index contributed by atoms with van der Waals surface area (Å²) in [6.45, 7) is 5.35. The van der Waals surface area contributed by atoms with Gasteiger partial charge in [-0.25, -0.2) is 14.8 Å². The number of carboxylic acids is 2. The largest absolute Gasteiger partial charge is 0.481 e. The standard InChI is InChI=1S/C24H29N6O8PS4/c1-5-39(37,6-2)29-23-26-13(10-41-23)16(28-38-4)19(33)27-17-20(34)30-18(22(35)36)12(8-40-21(17)30)9-42-24-25-11(3)14(43-24)7-15(31)32/h10,17,21H,5-9H2,1-4H3,(H,27,33)(H,31,32)(H,35,36)(H,26,29,37)/t17-,21-/m1/s1. The average Bonchev–Trinajstić information content (AvgIpc) is 3.57. The van der Waals surface area contributed by atoms with Crippen LogP contribution in [0.1, 0.15) is 30.1 Å². The number of hydrogen-bond donors (Lipinski definition) is 4. The molecule has 0 saturated carbocycles. The Balaban J connectivity index is 1.46. The molecular formula is C24H29N6O8PS4. The van der Waals surface area contributed by atoms with Crippen molar-refractivity contribution in [3.05, 3.63) is 32.9 Å². The van der Waals surface area contributed by atoms with Crippen LogP contribution in [0, 0.1) is 6.92 Å². The Labute approximate surface area is 263 Å². The number of oxime groups is 1. The van der Waals surface area contributed by atoms with Gasteiger partial charge in [-0.15, -0.1) is 34.4 Å². The van der Waals surface area contributed by atoms with Gasteiger partial charge in [0.1, 0.15) is 29.9 Å². The number of carboxylic acid groups (broad SMARTS) is 2. The summed E-state index contributed by atoms with van der Waals surface area (Å²) in [5.74, 6) is -2.99. The number of aliphatic carboxylic acids is 2. The zero-order valence-electron chi connectivity index (χ0n) is 23.5. The van der Waals surface area contributed by atoms with E-state index in [1.165, 1.54) is 46.9 Å². The van der Waals surface area contributed by atoms with E-state index in [-0.39, 0.29) is 29.3 Å². The molecule has 4 rings (SSSR count). The molecule has 4 N–H and O–H groups in total. The van der Waals surface area contributed by atoms with Gasteiger partial charge in [0.2, 0.25) is 0 Å². The highest BCUT2D eigenvalue weighted by molar-refractivity contribution is 8.01. The summed E-state index contributed by atoms with van der Waals surface area (Å²) >= 11 is 5.00. The molecule has 14 nitrogen and oxygen atoms in total. The van der Waals surface area contributed by atoms with Gasteiger partial charge in [0.15, 0.2) is 22.5 Å². The van der Waals surface area contributed by atoms with Crippen molar-refractivity contribution >= 4 is 88.1 Å². The van der Waals surface area contributed by atoms with Gasteiger partial charge in [-0.1, -0.05) is 30.8 Å². The lowest BCUT2D eigenvalue weighted by Crippen LogP contribution is -2.71. The molecule has 232 valence electrons. The number of β-lactam (4-membered cyclic amide) rings is 1. The Bertz CT molecular complexity index is 1550. The second-order valence-corrected chi connectivity index (χ2v) is 16.8. The number of nitrogens with zero attached hydrogens (tertiary/aromatic N) is 4. The Hall–Kier alpha value is -2.92. The maximum absolute atomic E-state index is 13.2. The fraction of sp³-hybridized carbons (Fsp3) is 0.458. The number of amides is 2. The topological polar surface area (TPSA) is 200 Å². The van der Waals surface area contributed by atoms with Gasteiger partial charge in [-0.05, 0) is 12.5 Å². The van der Waals surface area contributed by atoms with Crippen molar-refractivity contribution in [1.82, 2.24) is 20.2 Å². The van der Waals surface area contributed by atoms with Gasteiger partial charge in [0.25, 0.3) is 11.8 Å². The molecule has 2 aromatic heterocycles. The molecule has 2 atom stereocenters. The van der Waals surface area contributed by atoms with E-state index in [0.29, 0.717) is 43.7 Å². The highest BCUT2D eigenvalue weighted by Gasteiger charge is 2.54. The molecule has 0 radical (unpaired) electrons. The van der Waals surface area contributed by atoms with E-state index in [4.69, 9.17) is 9.94 Å². The van der Waals surface area contributed by atoms with Crippen molar-refractivity contribution in [1.29, 1.82) is 0 Å². The van der Waals surface area contributed by atoms with Crippen LogP contribution < -0.4 is 10.4 Å². The zero-order valence-corrected chi connectivity index (χ0v) is 27.6. The highest BCUT2D eigenvalue weighted by atomic mass is 32.2. The van der Waals surface area contributed by atoms with Crippen molar-refractivity contribution in [2.75, 3.05) is 36.0 Å². The van der Waals surface area contributed by atoms with Crippen LogP contribution >= 0.6 is 53.5 Å². The van der Waals surface area contributed by atoms with Crippen molar-refractivity contribution in [3.8, 4) is 0 Å². The third-order valence-corrected chi connectivity index (χ3v) is 13.9. The maximum atomic E-state index is 13.2. The maximum Gasteiger partial charge on any atom is 0.352 e. The third kappa shape index (κ3) is 7.25. The van der Waals surface area contributed by atoms with Gasteiger partial charge in [-0.2, -0.15) is 0 Å². The molecule has 0 unspecified atom stereocenters. The SMILES string of the molecule is CCP(=O)(CC)Nc1nc(C(=NOC)C(=O)N[C@@H]2C(=O)N3C(C(=O)O)=C(CSc4nc(C)c(CC(=O)O)s4)CS[C@H]23)cs1. The van der Waals surface area contributed by atoms with Crippen molar-refractivity contribution in [2.45, 2.75) is 42.9 Å². The lowest BCUT2D eigenvalue weighted by Gasteiger charge is -2.49. The summed E-state index contributed by atoms with van der Waals surface area (Å²) in [6, 6.07) is -1.00. The Morgan fingerprint density at radius 1 is 1.26 bits per heavy atom. The van der Waals surface area contributed by atoms with E-state index in [1.54, 1.807) is 12.3 Å². The van der Waals surface area contributed by atoms with Crippen LogP contribution in [0.25, 0.3) is 0 Å². The van der Waals surface area contributed by atoms with Crippen LogP contribution in [0.3, 0.4) is 0 Å². The normalized spacial score (nSPS) is 18.7. The van der Waals surface area contributed by atoms with Gasteiger partial charge in [0.05, 0.1) is 12.1 Å². The first-order chi connectivity index (χ1) is 20.4. The fourth-order valence-electron chi connectivity index (χ4n) is 4.20. The molecule has 2 aromatic rings. The van der Waals surface area contributed by atoms with Crippen molar-refractivity contribution in [2.24, 2.45) is 5.16 Å². The van der Waals surface area contributed by atoms with E-state index in [9.17, 15) is 28.8 Å². The van der Waals surface area contributed by atoms with Crippen LogP contribution in [-0.2, 0) is 35.0 Å². The van der Waals surface area contributed by atoms with Gasteiger partial charge in [0, 0.05) is 34.1 Å². The van der Waals surface area contributed by atoms with Crippen LogP contribution in [-0.4, -0.2) is 96.9 Å². The number of aryl methyl sites for hydroxylation is 1. The minimum Gasteiger partial charge on any atom is -0.481 e. The third-order valence-electron chi connectivity index (χ3n) is 6.56. The van der Waals surface area contributed by atoms with Crippen molar-refractivity contribution < 1.29 is 38.8 Å². The number of anilines is 1. The monoisotopic (exact) mass is 688 g/mol. The summed E-state index contributed by atoms with van der Waals surface area (Å²) in [5.41, 5.74) is 0.974. The van der Waals surface area contributed by atoms with Gasteiger partial charge >= 0.3 is 11.9 Å². The fourth-order valence-corrected chi connectivity index (χ4v) is 10.3. The first-order valence-corrected chi connectivity index (χ1v) is 18.7. The summed E-state index contributed by atoms with van der Waals surface area (Å²) in [6.07, 6.45) is 0.725. The van der Waals surface area contributed by atoms with Crippen LogP contribution in [0.4, 0.5) is 5.13 Å². The number of carbonyl (C=O) groups is 4. The van der Waals surface area contributed by atoms with Crippen LogP contribution in [0.15, 0.2) is 26.1 Å². The number of fused-ring (bicyclic) bond motifs is 1. The number of hydrogen-bond acceptors (Lipinski definition) is 13. The van der Waals surface area contributed by atoms with Gasteiger partial charge in [-0.3, -0.25) is 19.3 Å². The predicted octanol–water partition coefficient (Wildman–Crippen LogP) is 3.15. The zero-order chi connectivity index (χ0) is 31.5. The number of rotatable bonds is 14. The van der Waals surface area contributed by atoms with Crippen LogP contribution in [0.2, 0.25) is 0 Å². The molecule has 2 aliphatic heterocycles.